The molecule has 1 aromatic heterocycles. The van der Waals surface area contributed by atoms with Crippen LogP contribution in [0.25, 0.3) is 16.9 Å². The quantitative estimate of drug-likeness (QED) is 0.314. The number of rotatable bonds is 7. The molecule has 6 rings (SSSR count). The van der Waals surface area contributed by atoms with Gasteiger partial charge in [-0.15, -0.1) is 11.8 Å². The number of fused-ring (bicyclic) bond motifs is 1. The van der Waals surface area contributed by atoms with Gasteiger partial charge in [-0.1, -0.05) is 72.8 Å². The first-order valence-corrected chi connectivity index (χ1v) is 15.2. The number of aryl methyl sites for hydroxylation is 2. The Hall–Kier alpha value is -3.88. The number of nitrogens with zero attached hydrogens (tertiary/aromatic N) is 3. The van der Waals surface area contributed by atoms with Gasteiger partial charge in [-0.05, 0) is 49.4 Å². The number of carbonyl (C=O) groups excluding carboxylic acids is 2. The lowest BCUT2D eigenvalue weighted by Gasteiger charge is -2.24. The molecule has 0 saturated carbocycles. The molecule has 210 valence electrons. The van der Waals surface area contributed by atoms with Crippen LogP contribution in [0.15, 0.2) is 78.9 Å². The van der Waals surface area contributed by atoms with Gasteiger partial charge in [-0.25, -0.2) is 4.68 Å². The van der Waals surface area contributed by atoms with Crippen LogP contribution in [0, 0.1) is 13.8 Å². The van der Waals surface area contributed by atoms with Gasteiger partial charge in [0.25, 0.3) is 0 Å². The monoisotopic (exact) mass is 566 g/mol. The lowest BCUT2D eigenvalue weighted by atomic mass is 9.96. The number of benzene rings is 3. The van der Waals surface area contributed by atoms with Gasteiger partial charge < -0.3 is 10.1 Å². The van der Waals surface area contributed by atoms with E-state index >= 15 is 0 Å². The molecule has 0 aliphatic carbocycles. The third kappa shape index (κ3) is 5.54. The van der Waals surface area contributed by atoms with Crippen LogP contribution in [0.1, 0.15) is 40.3 Å². The summed E-state index contributed by atoms with van der Waals surface area (Å²) >= 11 is 1.59. The Balaban J connectivity index is 1.54. The van der Waals surface area contributed by atoms with Gasteiger partial charge in [0.15, 0.2) is 0 Å². The molecule has 3 aromatic carbocycles. The fourth-order valence-corrected chi connectivity index (χ4v) is 6.95. The zero-order valence-electron chi connectivity index (χ0n) is 23.4. The summed E-state index contributed by atoms with van der Waals surface area (Å²) < 4.78 is 7.57. The lowest BCUT2D eigenvalue weighted by molar-refractivity contribution is -0.123. The summed E-state index contributed by atoms with van der Waals surface area (Å²) in [4.78, 5) is 28.9. The summed E-state index contributed by atoms with van der Waals surface area (Å²) in [6.07, 6.45) is 1.96. The Kier molecular flexibility index (Phi) is 7.94. The molecular formula is C33H34N4O3S. The summed E-state index contributed by atoms with van der Waals surface area (Å²) in [5.41, 5.74) is 6.90. The van der Waals surface area contributed by atoms with E-state index in [2.05, 4.69) is 36.5 Å². The second-order valence-electron chi connectivity index (χ2n) is 10.6. The minimum absolute atomic E-state index is 0.0255. The largest absolute Gasteiger partial charge is 0.376 e. The van der Waals surface area contributed by atoms with Crippen molar-refractivity contribution in [2.45, 2.75) is 38.0 Å². The van der Waals surface area contributed by atoms with Gasteiger partial charge in [0.05, 0.1) is 28.5 Å². The molecule has 1 saturated heterocycles. The van der Waals surface area contributed by atoms with Gasteiger partial charge in [0, 0.05) is 24.3 Å². The predicted molar refractivity (Wildman–Crippen MR) is 164 cm³/mol. The molecule has 2 aliphatic heterocycles. The molecule has 2 atom stereocenters. The summed E-state index contributed by atoms with van der Waals surface area (Å²) in [6.45, 7) is 5.22. The van der Waals surface area contributed by atoms with Crippen molar-refractivity contribution in [1.82, 2.24) is 15.1 Å². The van der Waals surface area contributed by atoms with Crippen LogP contribution in [-0.2, 0) is 14.3 Å². The molecule has 0 spiro atoms. The van der Waals surface area contributed by atoms with E-state index in [-0.39, 0.29) is 35.5 Å². The van der Waals surface area contributed by atoms with Crippen LogP contribution in [-0.4, -0.2) is 53.1 Å². The van der Waals surface area contributed by atoms with E-state index in [0.29, 0.717) is 12.4 Å². The summed E-state index contributed by atoms with van der Waals surface area (Å²) in [6, 6.07) is 26.4. The first kappa shape index (κ1) is 27.3. The standard InChI is InChI=1S/C33H34N4O3S/c1-22-11-6-8-16-26(22)32-30-31(24-13-4-3-5-14-24)35-37(27-17-9-7-12-23(27)2)33(30)36(29(39)21-41-32)20-28(38)34-19-25-15-10-18-40-25/h3-9,11-14,16-17,25,32H,10,15,18-21H2,1-2H3,(H,34,38)/t25-,32+/m1/s1. The van der Waals surface area contributed by atoms with Crippen molar-refractivity contribution in [1.29, 1.82) is 0 Å². The average molecular weight is 567 g/mol. The van der Waals surface area contributed by atoms with Crippen molar-refractivity contribution in [2.24, 2.45) is 0 Å². The van der Waals surface area contributed by atoms with Crippen molar-refractivity contribution < 1.29 is 14.3 Å². The van der Waals surface area contributed by atoms with Crippen molar-refractivity contribution in [3.63, 3.8) is 0 Å². The average Bonchev–Trinajstić information content (AvgIpc) is 3.62. The van der Waals surface area contributed by atoms with Crippen molar-refractivity contribution in [3.05, 3.63) is 101 Å². The molecule has 0 unspecified atom stereocenters. The lowest BCUT2D eigenvalue weighted by Crippen LogP contribution is -2.44. The Morgan fingerprint density at radius 3 is 2.46 bits per heavy atom. The van der Waals surface area contributed by atoms with E-state index in [1.54, 1.807) is 16.7 Å². The van der Waals surface area contributed by atoms with Gasteiger partial charge in [-0.2, -0.15) is 5.10 Å². The Morgan fingerprint density at radius 1 is 1.00 bits per heavy atom. The second-order valence-corrected chi connectivity index (χ2v) is 11.7. The normalized spacial score (nSPS) is 18.7. The van der Waals surface area contributed by atoms with Crippen molar-refractivity contribution in [3.8, 4) is 16.9 Å². The van der Waals surface area contributed by atoms with Crippen LogP contribution < -0.4 is 10.2 Å². The molecule has 0 bridgehead atoms. The highest BCUT2D eigenvalue weighted by Gasteiger charge is 2.38. The molecule has 1 N–H and O–H groups in total. The summed E-state index contributed by atoms with van der Waals surface area (Å²) in [7, 11) is 0. The number of anilines is 1. The first-order valence-electron chi connectivity index (χ1n) is 14.1. The summed E-state index contributed by atoms with van der Waals surface area (Å²) in [5, 5.41) is 8.06. The smallest absolute Gasteiger partial charge is 0.240 e. The van der Waals surface area contributed by atoms with Gasteiger partial charge in [-0.3, -0.25) is 14.5 Å². The molecular weight excluding hydrogens is 532 g/mol. The number of nitrogens with one attached hydrogen (secondary N) is 1. The van der Waals surface area contributed by atoms with E-state index in [4.69, 9.17) is 9.84 Å². The maximum absolute atomic E-state index is 13.9. The molecule has 41 heavy (non-hydrogen) atoms. The topological polar surface area (TPSA) is 76.5 Å². The van der Waals surface area contributed by atoms with Crippen LogP contribution in [0.5, 0.6) is 0 Å². The number of para-hydroxylation sites is 1. The van der Waals surface area contributed by atoms with E-state index in [9.17, 15) is 9.59 Å². The first-order chi connectivity index (χ1) is 20.0. The fraction of sp³-hybridized carbons (Fsp3) is 0.303. The number of ether oxygens (including phenoxy) is 1. The molecule has 4 aromatic rings. The number of carbonyl (C=O) groups is 2. The molecule has 7 nitrogen and oxygen atoms in total. The highest BCUT2D eigenvalue weighted by atomic mass is 32.2. The van der Waals surface area contributed by atoms with Crippen LogP contribution in [0.3, 0.4) is 0 Å². The predicted octanol–water partition coefficient (Wildman–Crippen LogP) is 5.62. The highest BCUT2D eigenvalue weighted by molar-refractivity contribution is 8.00. The third-order valence-corrected chi connectivity index (χ3v) is 9.04. The minimum atomic E-state index is -0.210. The van der Waals surface area contributed by atoms with Crippen molar-refractivity contribution >= 4 is 29.4 Å². The molecule has 3 heterocycles. The van der Waals surface area contributed by atoms with Crippen LogP contribution in [0.4, 0.5) is 5.82 Å². The Bertz CT molecular complexity index is 1560. The number of amides is 2. The number of thioether (sulfide) groups is 1. The number of aromatic nitrogens is 2. The van der Waals surface area contributed by atoms with Crippen LogP contribution in [0.2, 0.25) is 0 Å². The van der Waals surface area contributed by atoms with E-state index in [1.165, 1.54) is 0 Å². The summed E-state index contributed by atoms with van der Waals surface area (Å²) in [5.74, 6) is 0.565. The molecule has 0 radical (unpaired) electrons. The molecule has 1 fully saturated rings. The van der Waals surface area contributed by atoms with Gasteiger partial charge >= 0.3 is 0 Å². The molecule has 2 aliphatic rings. The third-order valence-electron chi connectivity index (χ3n) is 7.80. The molecule has 8 heteroatoms. The highest BCUT2D eigenvalue weighted by Crippen LogP contribution is 2.49. The fourth-order valence-electron chi connectivity index (χ4n) is 5.66. The van der Waals surface area contributed by atoms with Crippen molar-refractivity contribution in [2.75, 3.05) is 30.3 Å². The Labute approximate surface area is 244 Å². The number of hydrogen-bond acceptors (Lipinski definition) is 5. The second kappa shape index (κ2) is 11.9. The van der Waals surface area contributed by atoms with E-state index < -0.39 is 0 Å². The van der Waals surface area contributed by atoms with Gasteiger partial charge in [0.1, 0.15) is 12.4 Å². The van der Waals surface area contributed by atoms with Gasteiger partial charge in [0.2, 0.25) is 11.8 Å². The maximum atomic E-state index is 13.9. The Morgan fingerprint density at radius 2 is 1.73 bits per heavy atom. The van der Waals surface area contributed by atoms with Crippen LogP contribution >= 0.6 is 11.8 Å². The molecule has 2 amide bonds. The minimum Gasteiger partial charge on any atom is -0.376 e. The van der Waals surface area contributed by atoms with E-state index in [0.717, 1.165) is 58.6 Å². The zero-order chi connectivity index (χ0) is 28.3. The van der Waals surface area contributed by atoms with E-state index in [1.807, 2.05) is 66.2 Å². The zero-order valence-corrected chi connectivity index (χ0v) is 24.2. The maximum Gasteiger partial charge on any atom is 0.240 e. The SMILES string of the molecule is Cc1ccccc1[C@@H]1SCC(=O)N(CC(=O)NC[C@H]2CCCO2)c2c1c(-c1ccccc1)nn2-c1ccccc1C. The number of hydrogen-bond donors (Lipinski definition) is 1.